The Balaban J connectivity index is 2.73. The van der Waals surface area contributed by atoms with Crippen LogP contribution in [0.2, 0.25) is 10.3 Å². The molecule has 4 nitrogen and oxygen atoms in total. The fraction of sp³-hybridized carbons (Fsp3) is 0.273. The first-order valence-corrected chi connectivity index (χ1v) is 5.78. The Hall–Kier alpha value is -1.10. The zero-order valence-electron chi connectivity index (χ0n) is 9.02. The summed E-state index contributed by atoms with van der Waals surface area (Å²) in [6.07, 6.45) is -0.677. The number of fused-ring (bicyclic) bond motifs is 1. The largest absolute Gasteiger partial charge is 0.392 e. The van der Waals surface area contributed by atoms with E-state index >= 15 is 0 Å². The number of nitrogens with zero attached hydrogens (tertiary/aromatic N) is 2. The first-order valence-electron chi connectivity index (χ1n) is 5.02. The molecule has 1 N–H and O–H groups in total. The van der Waals surface area contributed by atoms with Crippen molar-refractivity contribution in [2.75, 3.05) is 0 Å². The second-order valence-corrected chi connectivity index (χ2v) is 4.58. The van der Waals surface area contributed by atoms with E-state index in [1.54, 1.807) is 25.1 Å². The van der Waals surface area contributed by atoms with Crippen molar-refractivity contribution in [3.05, 3.63) is 38.9 Å². The number of aliphatic hydroxyl groups excluding tert-OH is 1. The summed E-state index contributed by atoms with van der Waals surface area (Å²) in [4.78, 5) is 16.2. The average Bonchev–Trinajstić information content (AvgIpc) is 2.25. The normalized spacial score (nSPS) is 12.9. The summed E-state index contributed by atoms with van der Waals surface area (Å²) < 4.78 is 1.23. The molecule has 1 aromatic carbocycles. The SMILES string of the molecule is CC(O)Cn1c(Cl)nc2ccc(Cl)cc2c1=O. The van der Waals surface area contributed by atoms with Crippen LogP contribution in [-0.4, -0.2) is 20.8 Å². The van der Waals surface area contributed by atoms with Crippen LogP contribution in [0.5, 0.6) is 0 Å². The van der Waals surface area contributed by atoms with Crippen molar-refractivity contribution >= 4 is 34.1 Å². The van der Waals surface area contributed by atoms with Crippen molar-refractivity contribution in [2.45, 2.75) is 19.6 Å². The Morgan fingerprint density at radius 3 is 2.82 bits per heavy atom. The summed E-state index contributed by atoms with van der Waals surface area (Å²) in [5.41, 5.74) is 0.189. The molecule has 0 bridgehead atoms. The number of halogens is 2. The van der Waals surface area contributed by atoms with E-state index in [0.29, 0.717) is 15.9 Å². The molecular weight excluding hydrogens is 263 g/mol. The Kier molecular flexibility index (Phi) is 3.38. The second-order valence-electron chi connectivity index (χ2n) is 3.81. The van der Waals surface area contributed by atoms with Crippen LogP contribution >= 0.6 is 23.2 Å². The second kappa shape index (κ2) is 4.64. The van der Waals surface area contributed by atoms with E-state index in [9.17, 15) is 9.90 Å². The molecule has 0 radical (unpaired) electrons. The Morgan fingerprint density at radius 1 is 1.47 bits per heavy atom. The molecule has 0 aliphatic rings. The van der Waals surface area contributed by atoms with Crippen LogP contribution < -0.4 is 5.56 Å². The highest BCUT2D eigenvalue weighted by Crippen LogP contribution is 2.16. The lowest BCUT2D eigenvalue weighted by atomic mass is 10.2. The zero-order chi connectivity index (χ0) is 12.6. The van der Waals surface area contributed by atoms with E-state index in [1.807, 2.05) is 0 Å². The number of aromatic nitrogens is 2. The summed E-state index contributed by atoms with van der Waals surface area (Å²) in [7, 11) is 0. The lowest BCUT2D eigenvalue weighted by Crippen LogP contribution is -2.26. The van der Waals surface area contributed by atoms with Gasteiger partial charge in [0.2, 0.25) is 5.28 Å². The fourth-order valence-electron chi connectivity index (χ4n) is 1.59. The molecule has 90 valence electrons. The topological polar surface area (TPSA) is 55.1 Å². The Bertz CT molecular complexity index is 623. The molecule has 17 heavy (non-hydrogen) atoms. The summed E-state index contributed by atoms with van der Waals surface area (Å²) in [6, 6.07) is 4.82. The monoisotopic (exact) mass is 272 g/mol. The van der Waals surface area contributed by atoms with Gasteiger partial charge in [-0.1, -0.05) is 11.6 Å². The number of aliphatic hydroxyl groups is 1. The molecule has 1 heterocycles. The highest BCUT2D eigenvalue weighted by Gasteiger charge is 2.11. The fourth-order valence-corrected chi connectivity index (χ4v) is 2.00. The molecule has 0 amide bonds. The van der Waals surface area contributed by atoms with Crippen LogP contribution in [0.3, 0.4) is 0 Å². The summed E-state index contributed by atoms with van der Waals surface area (Å²) >= 11 is 11.7. The van der Waals surface area contributed by atoms with Gasteiger partial charge in [-0.05, 0) is 36.7 Å². The molecule has 1 unspecified atom stereocenters. The van der Waals surface area contributed by atoms with E-state index in [1.165, 1.54) is 4.57 Å². The number of hydrogen-bond donors (Lipinski definition) is 1. The highest BCUT2D eigenvalue weighted by atomic mass is 35.5. The van der Waals surface area contributed by atoms with Gasteiger partial charge in [-0.3, -0.25) is 9.36 Å². The van der Waals surface area contributed by atoms with E-state index < -0.39 is 6.10 Å². The first-order chi connectivity index (χ1) is 7.99. The summed E-state index contributed by atoms with van der Waals surface area (Å²) in [5, 5.41) is 10.2. The minimum Gasteiger partial charge on any atom is -0.392 e. The molecule has 1 atom stereocenters. The zero-order valence-corrected chi connectivity index (χ0v) is 10.5. The van der Waals surface area contributed by atoms with E-state index in [4.69, 9.17) is 23.2 Å². The van der Waals surface area contributed by atoms with Gasteiger partial charge in [0.25, 0.3) is 5.56 Å². The predicted molar refractivity (Wildman–Crippen MR) is 67.7 cm³/mol. The molecule has 2 rings (SSSR count). The third-order valence-electron chi connectivity index (χ3n) is 2.32. The number of rotatable bonds is 2. The first kappa shape index (κ1) is 12.4. The maximum absolute atomic E-state index is 12.1. The average molecular weight is 273 g/mol. The predicted octanol–water partition coefficient (Wildman–Crippen LogP) is 2.08. The van der Waals surface area contributed by atoms with Crippen molar-refractivity contribution in [2.24, 2.45) is 0 Å². The molecule has 0 saturated carbocycles. The molecule has 0 fully saturated rings. The smallest absolute Gasteiger partial charge is 0.262 e. The highest BCUT2D eigenvalue weighted by molar-refractivity contribution is 6.31. The van der Waals surface area contributed by atoms with E-state index in [0.717, 1.165) is 0 Å². The van der Waals surface area contributed by atoms with Gasteiger partial charge in [-0.15, -0.1) is 0 Å². The molecule has 1 aromatic heterocycles. The molecule has 0 saturated heterocycles. The summed E-state index contributed by atoms with van der Waals surface area (Å²) in [6.45, 7) is 1.68. The maximum Gasteiger partial charge on any atom is 0.262 e. The van der Waals surface area contributed by atoms with Gasteiger partial charge < -0.3 is 5.11 Å². The van der Waals surface area contributed by atoms with Crippen LogP contribution in [0, 0.1) is 0 Å². The van der Waals surface area contributed by atoms with Crippen LogP contribution in [0.1, 0.15) is 6.92 Å². The van der Waals surface area contributed by atoms with Gasteiger partial charge in [-0.2, -0.15) is 0 Å². The van der Waals surface area contributed by atoms with Crippen LogP contribution in [0.25, 0.3) is 10.9 Å². The summed E-state index contributed by atoms with van der Waals surface area (Å²) in [5.74, 6) is 0. The van der Waals surface area contributed by atoms with Crippen molar-refractivity contribution < 1.29 is 5.11 Å². The van der Waals surface area contributed by atoms with Crippen molar-refractivity contribution in [3.8, 4) is 0 Å². The van der Waals surface area contributed by atoms with Crippen molar-refractivity contribution in [3.63, 3.8) is 0 Å². The Morgan fingerprint density at radius 2 is 2.18 bits per heavy atom. The van der Waals surface area contributed by atoms with Crippen molar-refractivity contribution in [1.29, 1.82) is 0 Å². The lowest BCUT2D eigenvalue weighted by molar-refractivity contribution is 0.172. The molecule has 0 aliphatic heterocycles. The molecular formula is C11H10Cl2N2O2. The third kappa shape index (κ3) is 2.44. The van der Waals surface area contributed by atoms with Gasteiger partial charge in [0.05, 0.1) is 23.6 Å². The quantitative estimate of drug-likeness (QED) is 0.852. The Labute approximate surface area is 107 Å². The number of benzene rings is 1. The van der Waals surface area contributed by atoms with Gasteiger partial charge in [0.15, 0.2) is 0 Å². The minimum absolute atomic E-state index is 0.0609. The van der Waals surface area contributed by atoms with E-state index in [-0.39, 0.29) is 17.4 Å². The van der Waals surface area contributed by atoms with Crippen LogP contribution in [-0.2, 0) is 6.54 Å². The van der Waals surface area contributed by atoms with Crippen LogP contribution in [0.15, 0.2) is 23.0 Å². The standard InChI is InChI=1S/C11H10Cl2N2O2/c1-6(16)5-15-10(17)8-4-7(12)2-3-9(8)14-11(15)13/h2-4,6,16H,5H2,1H3. The molecule has 2 aromatic rings. The van der Waals surface area contributed by atoms with Gasteiger partial charge in [0, 0.05) is 5.02 Å². The maximum atomic E-state index is 12.1. The van der Waals surface area contributed by atoms with E-state index in [2.05, 4.69) is 4.98 Å². The lowest BCUT2D eigenvalue weighted by Gasteiger charge is -2.10. The van der Waals surface area contributed by atoms with Crippen molar-refractivity contribution in [1.82, 2.24) is 9.55 Å². The van der Waals surface area contributed by atoms with Gasteiger partial charge in [-0.25, -0.2) is 4.98 Å². The van der Waals surface area contributed by atoms with Crippen LogP contribution in [0.4, 0.5) is 0 Å². The van der Waals surface area contributed by atoms with Gasteiger partial charge >= 0.3 is 0 Å². The molecule has 0 aliphatic carbocycles. The molecule has 6 heteroatoms. The van der Waals surface area contributed by atoms with Gasteiger partial charge in [0.1, 0.15) is 0 Å². The number of hydrogen-bond acceptors (Lipinski definition) is 3. The third-order valence-corrected chi connectivity index (χ3v) is 2.84. The molecule has 0 spiro atoms. The minimum atomic E-state index is -0.677.